The SMILES string of the molecule is OCc1ccc2c(c1CO)=CCN=2. The van der Waals surface area contributed by atoms with E-state index in [0.717, 1.165) is 21.7 Å². The van der Waals surface area contributed by atoms with E-state index in [1.165, 1.54) is 0 Å². The van der Waals surface area contributed by atoms with E-state index in [1.54, 1.807) is 0 Å². The zero-order valence-electron chi connectivity index (χ0n) is 7.20. The summed E-state index contributed by atoms with van der Waals surface area (Å²) in [5.74, 6) is 0. The van der Waals surface area contributed by atoms with Gasteiger partial charge >= 0.3 is 0 Å². The molecular formula is C10H11NO2. The Morgan fingerprint density at radius 1 is 1.23 bits per heavy atom. The first-order valence-corrected chi connectivity index (χ1v) is 4.24. The maximum atomic E-state index is 9.14. The minimum Gasteiger partial charge on any atom is -0.392 e. The van der Waals surface area contributed by atoms with Crippen LogP contribution in [0.2, 0.25) is 0 Å². The highest BCUT2D eigenvalue weighted by atomic mass is 16.3. The Bertz CT molecular complexity index is 437. The summed E-state index contributed by atoms with van der Waals surface area (Å²) in [5, 5.41) is 20.1. The third-order valence-electron chi connectivity index (χ3n) is 2.32. The fourth-order valence-electron chi connectivity index (χ4n) is 1.63. The summed E-state index contributed by atoms with van der Waals surface area (Å²) in [5.41, 5.74) is 1.59. The number of fused-ring (bicyclic) bond motifs is 1. The largest absolute Gasteiger partial charge is 0.392 e. The molecule has 13 heavy (non-hydrogen) atoms. The van der Waals surface area contributed by atoms with Crippen LogP contribution in [-0.2, 0) is 13.2 Å². The molecule has 3 heteroatoms. The first kappa shape index (κ1) is 8.41. The van der Waals surface area contributed by atoms with Crippen LogP contribution in [0, 0.1) is 0 Å². The fourth-order valence-corrected chi connectivity index (χ4v) is 1.63. The van der Waals surface area contributed by atoms with Crippen molar-refractivity contribution in [2.24, 2.45) is 4.99 Å². The van der Waals surface area contributed by atoms with Gasteiger partial charge in [-0.25, -0.2) is 0 Å². The van der Waals surface area contributed by atoms with E-state index in [4.69, 9.17) is 10.2 Å². The zero-order valence-corrected chi connectivity index (χ0v) is 7.20. The lowest BCUT2D eigenvalue weighted by Crippen LogP contribution is -2.27. The summed E-state index contributed by atoms with van der Waals surface area (Å²) in [6.07, 6.45) is 1.97. The number of nitrogens with zero attached hydrogens (tertiary/aromatic N) is 1. The second-order valence-electron chi connectivity index (χ2n) is 3.00. The minimum atomic E-state index is -0.0366. The molecule has 1 heterocycles. The smallest absolute Gasteiger partial charge is 0.0691 e. The molecule has 0 unspecified atom stereocenters. The third-order valence-corrected chi connectivity index (χ3v) is 2.32. The van der Waals surface area contributed by atoms with Crippen LogP contribution < -0.4 is 10.6 Å². The van der Waals surface area contributed by atoms with Crippen molar-refractivity contribution < 1.29 is 10.2 Å². The molecule has 0 amide bonds. The molecule has 0 aromatic heterocycles. The Labute approximate surface area is 75.7 Å². The first-order chi connectivity index (χ1) is 6.36. The van der Waals surface area contributed by atoms with Gasteiger partial charge in [0.15, 0.2) is 0 Å². The highest BCUT2D eigenvalue weighted by Crippen LogP contribution is 2.02. The van der Waals surface area contributed by atoms with Crippen LogP contribution in [-0.4, -0.2) is 16.8 Å². The second-order valence-corrected chi connectivity index (χ2v) is 3.00. The van der Waals surface area contributed by atoms with E-state index in [0.29, 0.717) is 6.54 Å². The van der Waals surface area contributed by atoms with Crippen LogP contribution in [0.1, 0.15) is 11.1 Å². The lowest BCUT2D eigenvalue weighted by atomic mass is 10.1. The summed E-state index contributed by atoms with van der Waals surface area (Å²) >= 11 is 0. The van der Waals surface area contributed by atoms with Crippen molar-refractivity contribution in [2.75, 3.05) is 6.54 Å². The number of aliphatic hydroxyl groups excluding tert-OH is 2. The standard InChI is InChI=1S/C10H11NO2/c12-5-7-1-2-10-8(3-4-11-10)9(7)6-13/h1-3,12-13H,4-6H2. The predicted octanol–water partition coefficient (Wildman–Crippen LogP) is -0.915. The molecule has 0 saturated heterocycles. The van der Waals surface area contributed by atoms with E-state index in [9.17, 15) is 0 Å². The van der Waals surface area contributed by atoms with Crippen LogP contribution in [0.5, 0.6) is 0 Å². The summed E-state index contributed by atoms with van der Waals surface area (Å²) in [6.45, 7) is 0.610. The molecule has 1 aliphatic rings. The molecule has 2 rings (SSSR count). The van der Waals surface area contributed by atoms with Gasteiger partial charge in [-0.05, 0) is 17.2 Å². The van der Waals surface area contributed by atoms with Gasteiger partial charge in [0, 0.05) is 5.22 Å². The third kappa shape index (κ3) is 1.26. The maximum Gasteiger partial charge on any atom is 0.0691 e. The van der Waals surface area contributed by atoms with Crippen LogP contribution in [0.25, 0.3) is 6.08 Å². The molecule has 0 bridgehead atoms. The lowest BCUT2D eigenvalue weighted by molar-refractivity contribution is 0.259. The van der Waals surface area contributed by atoms with Crippen LogP contribution >= 0.6 is 0 Å². The predicted molar refractivity (Wildman–Crippen MR) is 48.4 cm³/mol. The van der Waals surface area contributed by atoms with Crippen molar-refractivity contribution in [1.29, 1.82) is 0 Å². The Morgan fingerprint density at radius 2 is 2.08 bits per heavy atom. The van der Waals surface area contributed by atoms with Crippen LogP contribution in [0.3, 0.4) is 0 Å². The van der Waals surface area contributed by atoms with E-state index in [2.05, 4.69) is 4.99 Å². The Kier molecular flexibility index (Phi) is 2.12. The highest BCUT2D eigenvalue weighted by Gasteiger charge is 2.05. The number of hydrogen-bond acceptors (Lipinski definition) is 3. The minimum absolute atomic E-state index is 0.0307. The van der Waals surface area contributed by atoms with Crippen molar-refractivity contribution in [3.63, 3.8) is 0 Å². The van der Waals surface area contributed by atoms with Crippen molar-refractivity contribution in [3.8, 4) is 0 Å². The van der Waals surface area contributed by atoms with E-state index >= 15 is 0 Å². The summed E-state index contributed by atoms with van der Waals surface area (Å²) < 4.78 is 0. The quantitative estimate of drug-likeness (QED) is 0.614. The fraction of sp³-hybridized carbons (Fsp3) is 0.300. The summed E-state index contributed by atoms with van der Waals surface area (Å²) in [7, 11) is 0. The topological polar surface area (TPSA) is 52.8 Å². The van der Waals surface area contributed by atoms with Gasteiger partial charge in [0.2, 0.25) is 0 Å². The number of aliphatic hydroxyl groups is 2. The molecule has 0 aliphatic carbocycles. The van der Waals surface area contributed by atoms with Crippen LogP contribution in [0.15, 0.2) is 17.1 Å². The number of hydrogen-bond donors (Lipinski definition) is 2. The molecule has 0 radical (unpaired) electrons. The Hall–Kier alpha value is -1.19. The average Bonchev–Trinajstić information content (AvgIpc) is 2.63. The molecule has 1 aromatic carbocycles. The van der Waals surface area contributed by atoms with Gasteiger partial charge in [-0.15, -0.1) is 0 Å². The molecule has 0 fully saturated rings. The summed E-state index contributed by atoms with van der Waals surface area (Å²) in [6, 6.07) is 3.69. The van der Waals surface area contributed by atoms with Gasteiger partial charge in [-0.1, -0.05) is 12.1 Å². The van der Waals surface area contributed by atoms with Crippen molar-refractivity contribution >= 4 is 6.08 Å². The Balaban J connectivity index is 2.76. The van der Waals surface area contributed by atoms with E-state index in [-0.39, 0.29) is 13.2 Å². The van der Waals surface area contributed by atoms with Crippen molar-refractivity contribution in [3.05, 3.63) is 33.8 Å². The first-order valence-electron chi connectivity index (χ1n) is 4.24. The normalized spacial score (nSPS) is 13.4. The molecule has 3 nitrogen and oxygen atoms in total. The molecule has 2 N–H and O–H groups in total. The van der Waals surface area contributed by atoms with Crippen molar-refractivity contribution in [1.82, 2.24) is 0 Å². The Morgan fingerprint density at radius 3 is 2.77 bits per heavy atom. The molecule has 1 aliphatic heterocycles. The van der Waals surface area contributed by atoms with Crippen LogP contribution in [0.4, 0.5) is 0 Å². The molecule has 0 atom stereocenters. The maximum absolute atomic E-state index is 9.14. The van der Waals surface area contributed by atoms with Gasteiger partial charge in [-0.2, -0.15) is 0 Å². The van der Waals surface area contributed by atoms with Gasteiger partial charge in [0.05, 0.1) is 25.1 Å². The van der Waals surface area contributed by atoms with Gasteiger partial charge in [0.25, 0.3) is 0 Å². The average molecular weight is 177 g/mol. The number of rotatable bonds is 2. The molecule has 68 valence electrons. The summed E-state index contributed by atoms with van der Waals surface area (Å²) in [4.78, 5) is 4.23. The van der Waals surface area contributed by atoms with E-state index < -0.39 is 0 Å². The van der Waals surface area contributed by atoms with Crippen molar-refractivity contribution in [2.45, 2.75) is 13.2 Å². The molecule has 0 spiro atoms. The second kappa shape index (κ2) is 3.28. The zero-order chi connectivity index (χ0) is 9.26. The lowest BCUT2D eigenvalue weighted by Gasteiger charge is -2.03. The van der Waals surface area contributed by atoms with Gasteiger partial charge in [0.1, 0.15) is 0 Å². The van der Waals surface area contributed by atoms with Gasteiger partial charge < -0.3 is 10.2 Å². The molecular weight excluding hydrogens is 166 g/mol. The number of benzene rings is 1. The van der Waals surface area contributed by atoms with E-state index in [1.807, 2.05) is 18.2 Å². The molecule has 1 aromatic rings. The van der Waals surface area contributed by atoms with Gasteiger partial charge in [-0.3, -0.25) is 4.99 Å². The highest BCUT2D eigenvalue weighted by molar-refractivity contribution is 5.38. The molecule has 0 saturated carbocycles. The monoisotopic (exact) mass is 177 g/mol.